The smallest absolute Gasteiger partial charge is 0.173 e. The van der Waals surface area contributed by atoms with Crippen LogP contribution in [0.3, 0.4) is 0 Å². The van der Waals surface area contributed by atoms with Crippen LogP contribution in [0.4, 0.5) is 0 Å². The summed E-state index contributed by atoms with van der Waals surface area (Å²) in [6, 6.07) is 1.15. The van der Waals surface area contributed by atoms with Crippen molar-refractivity contribution >= 4 is 9.84 Å². The summed E-state index contributed by atoms with van der Waals surface area (Å²) < 4.78 is 23.2. The van der Waals surface area contributed by atoms with Gasteiger partial charge in [0.25, 0.3) is 0 Å². The zero-order valence-corrected chi connectivity index (χ0v) is 11.7. The maximum atomic E-state index is 11.6. The Morgan fingerprint density at radius 2 is 2.17 bits per heavy atom. The third-order valence-electron chi connectivity index (χ3n) is 4.49. The Kier molecular flexibility index (Phi) is 3.24. The van der Waals surface area contributed by atoms with Crippen LogP contribution in [0.2, 0.25) is 0 Å². The lowest BCUT2D eigenvalue weighted by molar-refractivity contribution is 0.101. The second-order valence-corrected chi connectivity index (χ2v) is 7.77. The predicted octanol–water partition coefficient (Wildman–Crippen LogP) is 0.760. The first-order valence-corrected chi connectivity index (χ1v) is 8.70. The predicted molar refractivity (Wildman–Crippen MR) is 72.0 cm³/mol. The second kappa shape index (κ2) is 4.62. The SMILES string of the molecule is CCC1CNC(C2CC2)CN1C1C=CS(=O)(=O)C1. The van der Waals surface area contributed by atoms with Gasteiger partial charge in [-0.2, -0.15) is 0 Å². The van der Waals surface area contributed by atoms with Crippen molar-refractivity contribution in [2.45, 2.75) is 44.3 Å². The monoisotopic (exact) mass is 270 g/mol. The van der Waals surface area contributed by atoms with E-state index in [0.29, 0.717) is 12.1 Å². The van der Waals surface area contributed by atoms with Crippen molar-refractivity contribution in [1.29, 1.82) is 0 Å². The number of nitrogens with one attached hydrogen (secondary N) is 1. The minimum Gasteiger partial charge on any atom is -0.311 e. The standard InChI is InChI=1S/C13H22N2O2S/c1-2-11-7-14-13(10-3-4-10)8-15(11)12-5-6-18(16,17)9-12/h5-6,10-14H,2-4,7-9H2,1H3. The minimum absolute atomic E-state index is 0.100. The Balaban J connectivity index is 1.72. The van der Waals surface area contributed by atoms with E-state index in [2.05, 4.69) is 17.1 Å². The van der Waals surface area contributed by atoms with Crippen molar-refractivity contribution in [2.75, 3.05) is 18.8 Å². The molecule has 0 amide bonds. The van der Waals surface area contributed by atoms with Crippen molar-refractivity contribution < 1.29 is 8.42 Å². The zero-order chi connectivity index (χ0) is 12.8. The quantitative estimate of drug-likeness (QED) is 0.822. The minimum atomic E-state index is -2.94. The van der Waals surface area contributed by atoms with Gasteiger partial charge in [0.05, 0.1) is 5.75 Å². The summed E-state index contributed by atoms with van der Waals surface area (Å²) in [7, 11) is -2.94. The number of sulfone groups is 1. The van der Waals surface area contributed by atoms with Crippen LogP contribution in [0, 0.1) is 5.92 Å². The summed E-state index contributed by atoms with van der Waals surface area (Å²) in [6.45, 7) is 4.19. The van der Waals surface area contributed by atoms with E-state index in [-0.39, 0.29) is 11.8 Å². The van der Waals surface area contributed by atoms with Crippen LogP contribution in [0.15, 0.2) is 11.5 Å². The van der Waals surface area contributed by atoms with Crippen LogP contribution < -0.4 is 5.32 Å². The highest BCUT2D eigenvalue weighted by molar-refractivity contribution is 7.94. The van der Waals surface area contributed by atoms with Gasteiger partial charge in [0.2, 0.25) is 0 Å². The van der Waals surface area contributed by atoms with Crippen molar-refractivity contribution in [2.24, 2.45) is 5.92 Å². The molecular formula is C13H22N2O2S. The van der Waals surface area contributed by atoms with E-state index in [4.69, 9.17) is 0 Å². The Morgan fingerprint density at radius 1 is 1.39 bits per heavy atom. The van der Waals surface area contributed by atoms with Crippen LogP contribution in [0.5, 0.6) is 0 Å². The second-order valence-electron chi connectivity index (χ2n) is 5.84. The molecule has 18 heavy (non-hydrogen) atoms. The lowest BCUT2D eigenvalue weighted by Crippen LogP contribution is -2.60. The first-order valence-electron chi connectivity index (χ1n) is 6.99. The van der Waals surface area contributed by atoms with Crippen molar-refractivity contribution in [3.05, 3.63) is 11.5 Å². The van der Waals surface area contributed by atoms with E-state index in [1.807, 2.05) is 6.08 Å². The fourth-order valence-electron chi connectivity index (χ4n) is 3.21. The highest BCUT2D eigenvalue weighted by Gasteiger charge is 2.40. The number of hydrogen-bond donors (Lipinski definition) is 1. The maximum absolute atomic E-state index is 11.6. The third-order valence-corrected chi connectivity index (χ3v) is 5.87. The van der Waals surface area contributed by atoms with E-state index >= 15 is 0 Å². The molecule has 4 nitrogen and oxygen atoms in total. The lowest BCUT2D eigenvalue weighted by Gasteiger charge is -2.43. The zero-order valence-electron chi connectivity index (χ0n) is 10.9. The average molecular weight is 270 g/mol. The van der Waals surface area contributed by atoms with Crippen LogP contribution in [-0.4, -0.2) is 50.3 Å². The molecule has 3 rings (SSSR count). The normalized spacial score (nSPS) is 40.2. The summed E-state index contributed by atoms with van der Waals surface area (Å²) in [4.78, 5) is 2.42. The molecule has 3 unspecified atom stereocenters. The molecule has 2 heterocycles. The Morgan fingerprint density at radius 3 is 2.72 bits per heavy atom. The molecule has 0 bridgehead atoms. The molecule has 0 spiro atoms. The summed E-state index contributed by atoms with van der Waals surface area (Å²) in [6.07, 6.45) is 5.63. The van der Waals surface area contributed by atoms with Gasteiger partial charge in [0.1, 0.15) is 0 Å². The Labute approximate surface area is 109 Å². The molecule has 0 aromatic rings. The van der Waals surface area contributed by atoms with E-state index in [9.17, 15) is 8.42 Å². The van der Waals surface area contributed by atoms with Gasteiger partial charge in [-0.05, 0) is 25.2 Å². The van der Waals surface area contributed by atoms with Gasteiger partial charge in [-0.1, -0.05) is 13.0 Å². The highest BCUT2D eigenvalue weighted by Crippen LogP contribution is 2.35. The topological polar surface area (TPSA) is 49.4 Å². The molecule has 0 radical (unpaired) electrons. The van der Waals surface area contributed by atoms with E-state index in [1.54, 1.807) is 0 Å². The van der Waals surface area contributed by atoms with Gasteiger partial charge < -0.3 is 5.32 Å². The van der Waals surface area contributed by atoms with Gasteiger partial charge in [-0.3, -0.25) is 4.90 Å². The molecule has 1 N–H and O–H groups in total. The molecule has 1 aliphatic carbocycles. The fourth-order valence-corrected chi connectivity index (χ4v) is 4.52. The molecule has 0 aromatic heterocycles. The molecule has 1 saturated heterocycles. The maximum Gasteiger partial charge on any atom is 0.173 e. The molecule has 1 saturated carbocycles. The van der Waals surface area contributed by atoms with E-state index in [1.165, 1.54) is 18.2 Å². The van der Waals surface area contributed by atoms with Crippen LogP contribution in [-0.2, 0) is 9.84 Å². The van der Waals surface area contributed by atoms with Crippen LogP contribution in [0.1, 0.15) is 26.2 Å². The summed E-state index contributed by atoms with van der Waals surface area (Å²) in [5, 5.41) is 5.04. The summed E-state index contributed by atoms with van der Waals surface area (Å²) in [5.41, 5.74) is 0. The largest absolute Gasteiger partial charge is 0.311 e. The van der Waals surface area contributed by atoms with E-state index < -0.39 is 9.84 Å². The molecule has 2 fully saturated rings. The van der Waals surface area contributed by atoms with Crippen molar-refractivity contribution in [3.63, 3.8) is 0 Å². The van der Waals surface area contributed by atoms with Gasteiger partial charge in [0, 0.05) is 36.6 Å². The number of nitrogens with zero attached hydrogens (tertiary/aromatic N) is 1. The first kappa shape index (κ1) is 12.6. The molecule has 102 valence electrons. The number of piperazine rings is 1. The van der Waals surface area contributed by atoms with E-state index in [0.717, 1.165) is 25.4 Å². The van der Waals surface area contributed by atoms with Gasteiger partial charge in [-0.15, -0.1) is 0 Å². The van der Waals surface area contributed by atoms with Gasteiger partial charge in [-0.25, -0.2) is 8.42 Å². The average Bonchev–Trinajstić information content (AvgIpc) is 3.13. The Bertz CT molecular complexity index is 442. The summed E-state index contributed by atoms with van der Waals surface area (Å²) in [5.74, 6) is 1.10. The van der Waals surface area contributed by atoms with Crippen molar-refractivity contribution in [3.8, 4) is 0 Å². The van der Waals surface area contributed by atoms with Gasteiger partial charge >= 0.3 is 0 Å². The third kappa shape index (κ3) is 2.49. The summed E-state index contributed by atoms with van der Waals surface area (Å²) >= 11 is 0. The Hall–Kier alpha value is -0.390. The molecule has 2 aliphatic heterocycles. The number of hydrogen-bond acceptors (Lipinski definition) is 4. The van der Waals surface area contributed by atoms with Crippen LogP contribution >= 0.6 is 0 Å². The highest BCUT2D eigenvalue weighted by atomic mass is 32.2. The molecule has 5 heteroatoms. The van der Waals surface area contributed by atoms with Crippen LogP contribution in [0.25, 0.3) is 0 Å². The van der Waals surface area contributed by atoms with Crippen molar-refractivity contribution in [1.82, 2.24) is 10.2 Å². The molecular weight excluding hydrogens is 248 g/mol. The number of rotatable bonds is 3. The fraction of sp³-hybridized carbons (Fsp3) is 0.846. The lowest BCUT2D eigenvalue weighted by atomic mass is 10.0. The molecule has 3 aliphatic rings. The molecule has 3 atom stereocenters. The molecule has 0 aromatic carbocycles. The van der Waals surface area contributed by atoms with Gasteiger partial charge in [0.15, 0.2) is 9.84 Å². The first-order chi connectivity index (χ1) is 8.59.